The Morgan fingerprint density at radius 3 is 2.74 bits per heavy atom. The fourth-order valence-corrected chi connectivity index (χ4v) is 5.02. The van der Waals surface area contributed by atoms with Crippen LogP contribution >= 0.6 is 35.2 Å². The Morgan fingerprint density at radius 2 is 2.04 bits per heavy atom. The zero-order valence-electron chi connectivity index (χ0n) is 15.3. The van der Waals surface area contributed by atoms with Crippen molar-refractivity contribution in [2.75, 3.05) is 7.05 Å². The van der Waals surface area contributed by atoms with Gasteiger partial charge in [0.25, 0.3) is 0 Å². The third-order valence-electron chi connectivity index (χ3n) is 5.08. The Labute approximate surface area is 174 Å². The summed E-state index contributed by atoms with van der Waals surface area (Å²) in [5, 5.41) is 9.92. The first-order chi connectivity index (χ1) is 13.1. The molecule has 0 bridgehead atoms. The van der Waals surface area contributed by atoms with E-state index in [2.05, 4.69) is 33.3 Å². The predicted molar refractivity (Wildman–Crippen MR) is 115 cm³/mol. The van der Waals surface area contributed by atoms with E-state index in [9.17, 15) is 0 Å². The molecule has 0 radical (unpaired) electrons. The van der Waals surface area contributed by atoms with Gasteiger partial charge in [-0.15, -0.1) is 0 Å². The zero-order valence-corrected chi connectivity index (χ0v) is 17.7. The molecule has 4 rings (SSSR count). The summed E-state index contributed by atoms with van der Waals surface area (Å²) >= 11 is 14.1. The van der Waals surface area contributed by atoms with Crippen LogP contribution in [0, 0.1) is 4.77 Å². The summed E-state index contributed by atoms with van der Waals surface area (Å²) in [7, 11) is 2.10. The molecule has 1 aliphatic carbocycles. The van der Waals surface area contributed by atoms with Gasteiger partial charge in [-0.05, 0) is 66.6 Å². The molecule has 0 amide bonds. The molecule has 4 nitrogen and oxygen atoms in total. The minimum atomic E-state index is 0.416. The van der Waals surface area contributed by atoms with Crippen LogP contribution in [0.25, 0.3) is 11.4 Å². The topological polar surface area (TPSA) is 26.0 Å². The molecule has 0 atom stereocenters. The van der Waals surface area contributed by atoms with Gasteiger partial charge in [-0.25, -0.2) is 4.68 Å². The Kier molecular flexibility index (Phi) is 5.78. The number of rotatable bonds is 6. The summed E-state index contributed by atoms with van der Waals surface area (Å²) in [5.41, 5.74) is 2.27. The highest BCUT2D eigenvalue weighted by Crippen LogP contribution is 2.35. The third kappa shape index (κ3) is 4.04. The van der Waals surface area contributed by atoms with Crippen LogP contribution in [0.1, 0.15) is 37.3 Å². The Morgan fingerprint density at radius 1 is 1.26 bits per heavy atom. The van der Waals surface area contributed by atoms with E-state index < -0.39 is 0 Å². The molecule has 27 heavy (non-hydrogen) atoms. The molecule has 0 N–H and O–H groups in total. The second-order valence-corrected chi connectivity index (χ2v) is 8.73. The van der Waals surface area contributed by atoms with Crippen molar-refractivity contribution >= 4 is 35.2 Å². The van der Waals surface area contributed by atoms with Gasteiger partial charge in [-0.1, -0.05) is 36.6 Å². The van der Waals surface area contributed by atoms with Gasteiger partial charge in [-0.2, -0.15) is 16.4 Å². The molecule has 0 spiro atoms. The lowest BCUT2D eigenvalue weighted by Crippen LogP contribution is -2.22. The van der Waals surface area contributed by atoms with Crippen molar-refractivity contribution in [3.8, 4) is 11.4 Å². The van der Waals surface area contributed by atoms with Crippen LogP contribution in [0.5, 0.6) is 0 Å². The smallest absolute Gasteiger partial charge is 0.199 e. The molecule has 1 saturated carbocycles. The average Bonchev–Trinajstić information content (AvgIpc) is 3.38. The first-order valence-corrected chi connectivity index (χ1v) is 11.0. The van der Waals surface area contributed by atoms with Gasteiger partial charge in [0.2, 0.25) is 0 Å². The van der Waals surface area contributed by atoms with Gasteiger partial charge in [0.05, 0.1) is 11.7 Å². The van der Waals surface area contributed by atoms with Crippen LogP contribution in [0.3, 0.4) is 0 Å². The van der Waals surface area contributed by atoms with Crippen LogP contribution in [0.15, 0.2) is 41.1 Å². The van der Waals surface area contributed by atoms with Crippen LogP contribution < -0.4 is 0 Å². The van der Waals surface area contributed by atoms with Crippen molar-refractivity contribution < 1.29 is 0 Å². The Balaban J connectivity index is 1.69. The van der Waals surface area contributed by atoms with E-state index in [1.165, 1.54) is 18.4 Å². The number of hydrogen-bond donors (Lipinski definition) is 0. The molecule has 1 fully saturated rings. The summed E-state index contributed by atoms with van der Waals surface area (Å²) < 4.78 is 4.97. The first-order valence-electron chi connectivity index (χ1n) is 9.27. The second kappa shape index (κ2) is 8.27. The molecular formula is C20H23ClN4S2. The van der Waals surface area contributed by atoms with E-state index in [1.807, 2.05) is 28.9 Å². The first kappa shape index (κ1) is 18.9. The number of benzene rings is 1. The van der Waals surface area contributed by atoms with Crippen molar-refractivity contribution in [1.82, 2.24) is 19.2 Å². The minimum Gasteiger partial charge on any atom is -0.297 e. The Bertz CT molecular complexity index is 955. The monoisotopic (exact) mass is 418 g/mol. The fraction of sp³-hybridized carbons (Fsp3) is 0.400. The van der Waals surface area contributed by atoms with Gasteiger partial charge in [0.1, 0.15) is 0 Å². The average molecular weight is 419 g/mol. The van der Waals surface area contributed by atoms with Gasteiger partial charge < -0.3 is 0 Å². The summed E-state index contributed by atoms with van der Waals surface area (Å²) in [4.78, 5) is 2.24. The SMILES string of the molecule is CN(Cc1ccsc1)Cn1nc(-c2ccccc2Cl)n(C2CCCC2)c1=S. The van der Waals surface area contributed by atoms with Crippen molar-refractivity contribution in [3.05, 3.63) is 56.4 Å². The van der Waals surface area contributed by atoms with Crippen molar-refractivity contribution in [3.63, 3.8) is 0 Å². The lowest BCUT2D eigenvalue weighted by Gasteiger charge is -2.16. The second-order valence-electron chi connectivity index (χ2n) is 7.18. The van der Waals surface area contributed by atoms with Crippen LogP contribution in [-0.2, 0) is 13.2 Å². The molecule has 7 heteroatoms. The maximum absolute atomic E-state index is 6.49. The van der Waals surface area contributed by atoms with E-state index in [1.54, 1.807) is 11.3 Å². The maximum Gasteiger partial charge on any atom is 0.199 e. The van der Waals surface area contributed by atoms with Gasteiger partial charge in [-0.3, -0.25) is 9.47 Å². The minimum absolute atomic E-state index is 0.416. The van der Waals surface area contributed by atoms with Gasteiger partial charge >= 0.3 is 0 Å². The lowest BCUT2D eigenvalue weighted by atomic mass is 10.2. The molecular weight excluding hydrogens is 396 g/mol. The molecule has 3 aromatic rings. The van der Waals surface area contributed by atoms with E-state index in [4.69, 9.17) is 28.9 Å². The van der Waals surface area contributed by atoms with Crippen molar-refractivity contribution in [2.45, 2.75) is 44.9 Å². The van der Waals surface area contributed by atoms with Crippen LogP contribution in [0.2, 0.25) is 5.02 Å². The maximum atomic E-state index is 6.49. The standard InChI is InChI=1S/C20H23ClN4S2/c1-23(12-15-10-11-27-13-15)14-24-20(26)25(16-6-2-3-7-16)19(22-24)17-8-4-5-9-18(17)21/h4-5,8-11,13,16H,2-3,6-7,12,14H2,1H3. The van der Waals surface area contributed by atoms with E-state index in [0.29, 0.717) is 12.7 Å². The molecule has 0 unspecified atom stereocenters. The lowest BCUT2D eigenvalue weighted by molar-refractivity contribution is 0.243. The van der Waals surface area contributed by atoms with Crippen LogP contribution in [-0.4, -0.2) is 26.3 Å². The van der Waals surface area contributed by atoms with Crippen molar-refractivity contribution in [1.29, 1.82) is 0 Å². The molecule has 1 aliphatic rings. The number of hydrogen-bond acceptors (Lipinski definition) is 4. The summed E-state index contributed by atoms with van der Waals surface area (Å²) in [5.74, 6) is 0.890. The number of thiophene rings is 1. The van der Waals surface area contributed by atoms with Crippen molar-refractivity contribution in [2.24, 2.45) is 0 Å². The number of halogens is 1. The van der Waals surface area contributed by atoms with E-state index in [0.717, 1.165) is 40.6 Å². The molecule has 0 saturated heterocycles. The highest BCUT2D eigenvalue weighted by atomic mass is 35.5. The van der Waals surface area contributed by atoms with E-state index >= 15 is 0 Å². The number of aromatic nitrogens is 3. The summed E-state index contributed by atoms with van der Waals surface area (Å²) in [6.07, 6.45) is 4.81. The molecule has 142 valence electrons. The normalized spacial score (nSPS) is 15.1. The quantitative estimate of drug-likeness (QED) is 0.459. The molecule has 0 aliphatic heterocycles. The zero-order chi connectivity index (χ0) is 18.8. The number of nitrogens with zero attached hydrogens (tertiary/aromatic N) is 4. The Hall–Kier alpha value is -1.47. The largest absolute Gasteiger partial charge is 0.297 e. The van der Waals surface area contributed by atoms with Gasteiger partial charge in [0.15, 0.2) is 10.6 Å². The molecule has 2 heterocycles. The van der Waals surface area contributed by atoms with Crippen LogP contribution in [0.4, 0.5) is 0 Å². The molecule has 2 aromatic heterocycles. The summed E-state index contributed by atoms with van der Waals surface area (Å²) in [6.45, 7) is 1.54. The highest BCUT2D eigenvalue weighted by molar-refractivity contribution is 7.71. The molecule has 1 aromatic carbocycles. The third-order valence-corrected chi connectivity index (χ3v) is 6.55. The van der Waals surface area contributed by atoms with E-state index in [-0.39, 0.29) is 0 Å². The highest BCUT2D eigenvalue weighted by Gasteiger charge is 2.24. The predicted octanol–water partition coefficient (Wildman–Crippen LogP) is 6.00. The summed E-state index contributed by atoms with van der Waals surface area (Å²) in [6, 6.07) is 10.5. The fourth-order valence-electron chi connectivity index (χ4n) is 3.80. The van der Waals surface area contributed by atoms with Gasteiger partial charge in [0, 0.05) is 18.2 Å².